The summed E-state index contributed by atoms with van der Waals surface area (Å²) in [5.41, 5.74) is 5.14. The van der Waals surface area contributed by atoms with Crippen LogP contribution in [0.3, 0.4) is 0 Å². The molecule has 0 aliphatic rings. The van der Waals surface area contributed by atoms with Gasteiger partial charge in [-0.25, -0.2) is 4.98 Å². The molecule has 2 aromatic heterocycles. The summed E-state index contributed by atoms with van der Waals surface area (Å²) in [6.07, 6.45) is 3.35. The highest BCUT2D eigenvalue weighted by Crippen LogP contribution is 2.23. The molecule has 5 nitrogen and oxygen atoms in total. The van der Waals surface area contributed by atoms with Crippen LogP contribution >= 0.6 is 0 Å². The summed E-state index contributed by atoms with van der Waals surface area (Å²) in [5, 5.41) is 8.59. The molecule has 0 spiro atoms. The van der Waals surface area contributed by atoms with Crippen LogP contribution in [0.2, 0.25) is 0 Å². The summed E-state index contributed by atoms with van der Waals surface area (Å²) in [6, 6.07) is 20.1. The highest BCUT2D eigenvalue weighted by Gasteiger charge is 2.14. The molecule has 0 saturated carbocycles. The van der Waals surface area contributed by atoms with Crippen LogP contribution in [-0.4, -0.2) is 20.7 Å². The van der Waals surface area contributed by atoms with Crippen molar-refractivity contribution in [3.05, 3.63) is 89.1 Å². The first-order valence-electron chi connectivity index (χ1n) is 10.7. The van der Waals surface area contributed by atoms with Crippen molar-refractivity contribution in [1.82, 2.24) is 14.8 Å². The monoisotopic (exact) mass is 424 g/mol. The van der Waals surface area contributed by atoms with Gasteiger partial charge in [0.2, 0.25) is 5.91 Å². The molecule has 0 fully saturated rings. The number of hydrogen-bond donors (Lipinski definition) is 1. The normalized spacial score (nSPS) is 11.9. The highest BCUT2D eigenvalue weighted by atomic mass is 16.1. The summed E-state index contributed by atoms with van der Waals surface area (Å²) in [6.45, 7) is 10.5. The second-order valence-corrected chi connectivity index (χ2v) is 9.09. The zero-order valence-corrected chi connectivity index (χ0v) is 19.2. The van der Waals surface area contributed by atoms with Crippen molar-refractivity contribution in [2.24, 2.45) is 0 Å². The van der Waals surface area contributed by atoms with Crippen molar-refractivity contribution in [3.8, 4) is 5.82 Å². The van der Waals surface area contributed by atoms with Crippen LogP contribution in [0, 0.1) is 13.8 Å². The molecule has 162 valence electrons. The van der Waals surface area contributed by atoms with E-state index in [-0.39, 0.29) is 11.3 Å². The minimum absolute atomic E-state index is 0.102. The van der Waals surface area contributed by atoms with Crippen molar-refractivity contribution in [1.29, 1.82) is 0 Å². The lowest BCUT2D eigenvalue weighted by molar-refractivity contribution is -0.111. The van der Waals surface area contributed by atoms with E-state index in [0.717, 1.165) is 27.7 Å². The molecule has 4 rings (SSSR count). The van der Waals surface area contributed by atoms with Crippen LogP contribution < -0.4 is 5.32 Å². The molecule has 0 aliphatic heterocycles. The number of carbonyl (C=O) groups excluding carboxylic acids is 1. The molecular weight excluding hydrogens is 396 g/mol. The molecule has 5 heteroatoms. The summed E-state index contributed by atoms with van der Waals surface area (Å²) in [4.78, 5) is 17.4. The Kier molecular flexibility index (Phi) is 5.66. The number of hydrogen-bond acceptors (Lipinski definition) is 3. The molecule has 1 N–H and O–H groups in total. The molecule has 0 aliphatic carbocycles. The third-order valence-electron chi connectivity index (χ3n) is 5.41. The van der Waals surface area contributed by atoms with Gasteiger partial charge in [0.15, 0.2) is 5.82 Å². The van der Waals surface area contributed by atoms with E-state index >= 15 is 0 Å². The van der Waals surface area contributed by atoms with Gasteiger partial charge in [-0.05, 0) is 54.2 Å². The number of carbonyl (C=O) groups is 1. The molecule has 2 heterocycles. The number of rotatable bonds is 4. The standard InChI is InChI=1S/C27H28N4O/c1-18-16-24(28-23-9-7-6-8-22(18)23)31-25(17-19(2)30-31)29-26(32)15-12-20-10-13-21(14-11-20)27(3,4)5/h6-17H,1-5H3,(H,29,32)/b15-12+. The van der Waals surface area contributed by atoms with Crippen LogP contribution in [0.5, 0.6) is 0 Å². The smallest absolute Gasteiger partial charge is 0.249 e. The Labute approximate surface area is 188 Å². The van der Waals surface area contributed by atoms with Gasteiger partial charge >= 0.3 is 0 Å². The van der Waals surface area contributed by atoms with Gasteiger partial charge in [0, 0.05) is 17.5 Å². The largest absolute Gasteiger partial charge is 0.307 e. The number of para-hydroxylation sites is 1. The Hall–Kier alpha value is -3.73. The molecule has 0 saturated heterocycles. The van der Waals surface area contributed by atoms with Gasteiger partial charge in [-0.3, -0.25) is 4.79 Å². The van der Waals surface area contributed by atoms with Crippen LogP contribution in [0.1, 0.15) is 43.2 Å². The van der Waals surface area contributed by atoms with Crippen molar-refractivity contribution >= 4 is 28.7 Å². The third kappa shape index (κ3) is 4.62. The second kappa shape index (κ2) is 8.42. The van der Waals surface area contributed by atoms with Crippen molar-refractivity contribution in [3.63, 3.8) is 0 Å². The predicted molar refractivity (Wildman–Crippen MR) is 131 cm³/mol. The summed E-state index contributed by atoms with van der Waals surface area (Å²) >= 11 is 0. The maximum absolute atomic E-state index is 12.6. The van der Waals surface area contributed by atoms with Gasteiger partial charge in [0.1, 0.15) is 5.82 Å². The molecule has 1 amide bonds. The van der Waals surface area contributed by atoms with Crippen LogP contribution in [0.15, 0.2) is 66.7 Å². The Morgan fingerprint density at radius 2 is 1.72 bits per heavy atom. The number of aryl methyl sites for hydroxylation is 2. The van der Waals surface area contributed by atoms with E-state index in [1.54, 1.807) is 4.68 Å². The minimum Gasteiger partial charge on any atom is -0.307 e. The molecular formula is C27H28N4O. The topological polar surface area (TPSA) is 59.8 Å². The lowest BCUT2D eigenvalue weighted by atomic mass is 9.87. The van der Waals surface area contributed by atoms with E-state index in [9.17, 15) is 4.79 Å². The molecule has 0 atom stereocenters. The Balaban J connectivity index is 1.56. The van der Waals surface area contributed by atoms with Crippen LogP contribution in [0.25, 0.3) is 22.8 Å². The zero-order valence-electron chi connectivity index (χ0n) is 19.2. The van der Waals surface area contributed by atoms with Crippen molar-refractivity contribution < 1.29 is 4.79 Å². The van der Waals surface area contributed by atoms with Gasteiger partial charge in [-0.1, -0.05) is 63.2 Å². The van der Waals surface area contributed by atoms with Crippen LogP contribution in [0.4, 0.5) is 5.82 Å². The average molecular weight is 425 g/mol. The average Bonchev–Trinajstić information content (AvgIpc) is 3.12. The fraction of sp³-hybridized carbons (Fsp3) is 0.222. The van der Waals surface area contributed by atoms with E-state index in [2.05, 4.69) is 56.3 Å². The predicted octanol–water partition coefficient (Wildman–Crippen LogP) is 5.99. The lowest BCUT2D eigenvalue weighted by Gasteiger charge is -2.18. The minimum atomic E-state index is -0.219. The first-order chi connectivity index (χ1) is 15.2. The fourth-order valence-electron chi connectivity index (χ4n) is 3.64. The van der Waals surface area contributed by atoms with E-state index in [1.807, 2.05) is 55.5 Å². The van der Waals surface area contributed by atoms with Crippen molar-refractivity contribution in [2.45, 2.75) is 40.0 Å². The first-order valence-corrected chi connectivity index (χ1v) is 10.7. The SMILES string of the molecule is Cc1cc(NC(=O)/C=C/c2ccc(C(C)(C)C)cc2)n(-c2cc(C)c3ccccc3n2)n1. The molecule has 0 bridgehead atoms. The van der Waals surface area contributed by atoms with Gasteiger partial charge < -0.3 is 5.32 Å². The lowest BCUT2D eigenvalue weighted by Crippen LogP contribution is -2.13. The molecule has 0 unspecified atom stereocenters. The third-order valence-corrected chi connectivity index (χ3v) is 5.41. The summed E-state index contributed by atoms with van der Waals surface area (Å²) in [5.74, 6) is 1.04. The van der Waals surface area contributed by atoms with Gasteiger partial charge in [-0.15, -0.1) is 0 Å². The fourth-order valence-corrected chi connectivity index (χ4v) is 3.64. The van der Waals surface area contributed by atoms with Crippen LogP contribution in [-0.2, 0) is 10.2 Å². The van der Waals surface area contributed by atoms with E-state index < -0.39 is 0 Å². The van der Waals surface area contributed by atoms with E-state index in [4.69, 9.17) is 4.98 Å². The van der Waals surface area contributed by atoms with Gasteiger partial charge in [-0.2, -0.15) is 9.78 Å². The number of benzene rings is 2. The Bertz CT molecular complexity index is 1310. The van der Waals surface area contributed by atoms with E-state index in [1.165, 1.54) is 11.6 Å². The number of anilines is 1. The second-order valence-electron chi connectivity index (χ2n) is 9.09. The first kappa shape index (κ1) is 21.5. The number of amides is 1. The summed E-state index contributed by atoms with van der Waals surface area (Å²) < 4.78 is 1.68. The Morgan fingerprint density at radius 3 is 2.44 bits per heavy atom. The highest BCUT2D eigenvalue weighted by molar-refractivity contribution is 6.01. The zero-order chi connectivity index (χ0) is 22.9. The number of fused-ring (bicyclic) bond motifs is 1. The molecule has 4 aromatic rings. The Morgan fingerprint density at radius 1 is 1.00 bits per heavy atom. The quantitative estimate of drug-likeness (QED) is 0.410. The molecule has 32 heavy (non-hydrogen) atoms. The number of nitrogens with one attached hydrogen (secondary N) is 1. The van der Waals surface area contributed by atoms with E-state index in [0.29, 0.717) is 11.6 Å². The molecule has 0 radical (unpaired) electrons. The van der Waals surface area contributed by atoms with Crippen molar-refractivity contribution in [2.75, 3.05) is 5.32 Å². The number of pyridine rings is 1. The van der Waals surface area contributed by atoms with Gasteiger partial charge in [0.05, 0.1) is 11.2 Å². The number of aromatic nitrogens is 3. The molecule has 2 aromatic carbocycles. The maximum Gasteiger partial charge on any atom is 0.249 e. The summed E-state index contributed by atoms with van der Waals surface area (Å²) in [7, 11) is 0. The van der Waals surface area contributed by atoms with Gasteiger partial charge in [0.25, 0.3) is 0 Å². The number of nitrogens with zero attached hydrogens (tertiary/aromatic N) is 3. The maximum atomic E-state index is 12.6.